The van der Waals surface area contributed by atoms with E-state index in [1.54, 1.807) is 0 Å². The zero-order valence-electron chi connectivity index (χ0n) is 8.88. The molecule has 0 aliphatic heterocycles. The van der Waals surface area contributed by atoms with Gasteiger partial charge >= 0.3 is 5.97 Å². The number of rotatable bonds is 5. The Hall–Kier alpha value is -1.80. The SMILES string of the molecule is NC(=O)c1cc(NS(=O)(=O)CC(=O)O)ccc1Cl. The molecule has 7 nitrogen and oxygen atoms in total. The van der Waals surface area contributed by atoms with Crippen LogP contribution in [0.2, 0.25) is 5.02 Å². The van der Waals surface area contributed by atoms with Gasteiger partial charge in [-0.05, 0) is 18.2 Å². The molecule has 9 heteroatoms. The Kier molecular flexibility index (Phi) is 4.15. The molecule has 0 bridgehead atoms. The van der Waals surface area contributed by atoms with Gasteiger partial charge in [0.05, 0.1) is 10.6 Å². The summed E-state index contributed by atoms with van der Waals surface area (Å²) in [6.07, 6.45) is 0. The lowest BCUT2D eigenvalue weighted by atomic mass is 10.2. The normalized spacial score (nSPS) is 10.9. The van der Waals surface area contributed by atoms with Crippen LogP contribution in [-0.4, -0.2) is 31.2 Å². The lowest BCUT2D eigenvalue weighted by molar-refractivity contribution is -0.134. The van der Waals surface area contributed by atoms with Crippen molar-refractivity contribution in [3.8, 4) is 0 Å². The molecule has 18 heavy (non-hydrogen) atoms. The van der Waals surface area contributed by atoms with Crippen LogP contribution in [0.15, 0.2) is 18.2 Å². The summed E-state index contributed by atoms with van der Waals surface area (Å²) in [6.45, 7) is 0. The zero-order chi connectivity index (χ0) is 13.9. The Balaban J connectivity index is 3.03. The van der Waals surface area contributed by atoms with E-state index in [1.807, 2.05) is 4.72 Å². The van der Waals surface area contributed by atoms with Crippen LogP contribution in [0.1, 0.15) is 10.4 Å². The first-order valence-electron chi connectivity index (χ1n) is 4.53. The monoisotopic (exact) mass is 292 g/mol. The predicted octanol–water partition coefficient (Wildman–Crippen LogP) is 0.265. The smallest absolute Gasteiger partial charge is 0.320 e. The van der Waals surface area contributed by atoms with Gasteiger partial charge < -0.3 is 10.8 Å². The Morgan fingerprint density at radius 3 is 2.50 bits per heavy atom. The van der Waals surface area contributed by atoms with Gasteiger partial charge in [-0.3, -0.25) is 14.3 Å². The second-order valence-corrected chi connectivity index (χ2v) is 5.44. The quantitative estimate of drug-likeness (QED) is 0.717. The second-order valence-electron chi connectivity index (χ2n) is 3.31. The van der Waals surface area contributed by atoms with E-state index in [0.717, 1.165) is 6.07 Å². The third-order valence-electron chi connectivity index (χ3n) is 1.82. The van der Waals surface area contributed by atoms with Gasteiger partial charge in [-0.25, -0.2) is 8.42 Å². The number of amides is 1. The summed E-state index contributed by atoms with van der Waals surface area (Å²) in [5, 5.41) is 8.47. The van der Waals surface area contributed by atoms with Gasteiger partial charge in [-0.15, -0.1) is 0 Å². The zero-order valence-corrected chi connectivity index (χ0v) is 10.5. The number of nitrogens with two attached hydrogens (primary N) is 1. The van der Waals surface area contributed by atoms with E-state index in [9.17, 15) is 18.0 Å². The number of carbonyl (C=O) groups excluding carboxylic acids is 1. The first-order chi connectivity index (χ1) is 8.21. The highest BCUT2D eigenvalue weighted by Gasteiger charge is 2.16. The number of nitrogens with one attached hydrogen (secondary N) is 1. The van der Waals surface area contributed by atoms with Crippen molar-refractivity contribution in [2.75, 3.05) is 10.5 Å². The molecular formula is C9H9ClN2O5S. The summed E-state index contributed by atoms with van der Waals surface area (Å²) < 4.78 is 24.7. The van der Waals surface area contributed by atoms with Crippen molar-refractivity contribution < 1.29 is 23.1 Å². The van der Waals surface area contributed by atoms with E-state index in [1.165, 1.54) is 12.1 Å². The predicted molar refractivity (Wildman–Crippen MR) is 65.0 cm³/mol. The number of sulfonamides is 1. The van der Waals surface area contributed by atoms with Crippen LogP contribution in [0.5, 0.6) is 0 Å². The van der Waals surface area contributed by atoms with Crippen molar-refractivity contribution in [1.82, 2.24) is 0 Å². The maximum Gasteiger partial charge on any atom is 0.320 e. The molecular weight excluding hydrogens is 284 g/mol. The number of halogens is 1. The molecule has 1 amide bonds. The number of primary amides is 1. The fourth-order valence-corrected chi connectivity index (χ4v) is 2.25. The van der Waals surface area contributed by atoms with Crippen molar-refractivity contribution in [1.29, 1.82) is 0 Å². The summed E-state index contributed by atoms with van der Waals surface area (Å²) in [6, 6.07) is 3.69. The third kappa shape index (κ3) is 3.90. The minimum absolute atomic E-state index is 0.00875. The molecule has 0 atom stereocenters. The highest BCUT2D eigenvalue weighted by molar-refractivity contribution is 7.93. The number of hydrogen-bond acceptors (Lipinski definition) is 4. The van der Waals surface area contributed by atoms with Crippen molar-refractivity contribution in [3.05, 3.63) is 28.8 Å². The number of hydrogen-bond donors (Lipinski definition) is 3. The summed E-state index contributed by atoms with van der Waals surface area (Å²) in [4.78, 5) is 21.3. The van der Waals surface area contributed by atoms with Gasteiger partial charge in [0.15, 0.2) is 5.75 Å². The molecule has 0 radical (unpaired) electrons. The van der Waals surface area contributed by atoms with Gasteiger partial charge in [-0.1, -0.05) is 11.6 Å². The number of carboxylic acid groups (broad SMARTS) is 1. The molecule has 1 rings (SSSR count). The highest BCUT2D eigenvalue weighted by Crippen LogP contribution is 2.20. The summed E-state index contributed by atoms with van der Waals surface area (Å²) in [5.41, 5.74) is 4.98. The molecule has 0 saturated carbocycles. The summed E-state index contributed by atoms with van der Waals surface area (Å²) in [5.74, 6) is -3.40. The minimum atomic E-state index is -4.03. The average Bonchev–Trinajstić information content (AvgIpc) is 2.18. The van der Waals surface area contributed by atoms with E-state index in [2.05, 4.69) is 0 Å². The van der Waals surface area contributed by atoms with Crippen LogP contribution in [-0.2, 0) is 14.8 Å². The molecule has 4 N–H and O–H groups in total. The molecule has 0 spiro atoms. The standard InChI is InChI=1S/C9H9ClN2O5S/c10-7-2-1-5(3-6(7)9(11)15)12-18(16,17)4-8(13)14/h1-3,12H,4H2,(H2,11,15)(H,13,14). The molecule has 0 fully saturated rings. The maximum atomic E-state index is 11.3. The van der Waals surface area contributed by atoms with E-state index in [0.29, 0.717) is 0 Å². The van der Waals surface area contributed by atoms with Crippen LogP contribution >= 0.6 is 11.6 Å². The molecule has 98 valence electrons. The van der Waals surface area contributed by atoms with E-state index in [4.69, 9.17) is 22.4 Å². The minimum Gasteiger partial charge on any atom is -0.480 e. The van der Waals surface area contributed by atoms with Crippen molar-refractivity contribution in [3.63, 3.8) is 0 Å². The number of benzene rings is 1. The lowest BCUT2D eigenvalue weighted by Gasteiger charge is -2.08. The molecule has 0 heterocycles. The molecule has 0 aliphatic rings. The third-order valence-corrected chi connectivity index (χ3v) is 3.32. The Bertz CT molecular complexity index is 599. The summed E-state index contributed by atoms with van der Waals surface area (Å²) in [7, 11) is -4.03. The first kappa shape index (κ1) is 14.3. The second kappa shape index (κ2) is 5.23. The highest BCUT2D eigenvalue weighted by atomic mass is 35.5. The van der Waals surface area contributed by atoms with Gasteiger partial charge in [0.25, 0.3) is 0 Å². The topological polar surface area (TPSA) is 127 Å². The van der Waals surface area contributed by atoms with E-state index < -0.39 is 27.7 Å². The van der Waals surface area contributed by atoms with Crippen molar-refractivity contribution >= 4 is 39.2 Å². The molecule has 1 aromatic rings. The van der Waals surface area contributed by atoms with Gasteiger partial charge in [-0.2, -0.15) is 0 Å². The summed E-state index contributed by atoms with van der Waals surface area (Å²) >= 11 is 5.67. The van der Waals surface area contributed by atoms with E-state index >= 15 is 0 Å². The van der Waals surface area contributed by atoms with Crippen LogP contribution in [0.3, 0.4) is 0 Å². The molecule has 0 aliphatic carbocycles. The Morgan fingerprint density at radius 1 is 1.39 bits per heavy atom. The first-order valence-corrected chi connectivity index (χ1v) is 6.56. The van der Waals surface area contributed by atoms with Crippen molar-refractivity contribution in [2.24, 2.45) is 5.73 Å². The number of anilines is 1. The van der Waals surface area contributed by atoms with Crippen LogP contribution in [0.4, 0.5) is 5.69 Å². The number of aliphatic carboxylic acids is 1. The van der Waals surface area contributed by atoms with Gasteiger partial charge in [0.2, 0.25) is 15.9 Å². The Labute approximate surface area is 108 Å². The van der Waals surface area contributed by atoms with Gasteiger partial charge in [0.1, 0.15) is 0 Å². The van der Waals surface area contributed by atoms with Crippen LogP contribution in [0, 0.1) is 0 Å². The van der Waals surface area contributed by atoms with Crippen molar-refractivity contribution in [2.45, 2.75) is 0 Å². The average molecular weight is 293 g/mol. The molecule has 0 aromatic heterocycles. The van der Waals surface area contributed by atoms with Crippen LogP contribution < -0.4 is 10.5 Å². The number of carbonyl (C=O) groups is 2. The lowest BCUT2D eigenvalue weighted by Crippen LogP contribution is -2.22. The Morgan fingerprint density at radius 2 is 2.00 bits per heavy atom. The molecule has 0 saturated heterocycles. The molecule has 1 aromatic carbocycles. The molecule has 0 unspecified atom stereocenters. The number of carboxylic acids is 1. The van der Waals surface area contributed by atoms with Crippen LogP contribution in [0.25, 0.3) is 0 Å². The van der Waals surface area contributed by atoms with E-state index in [-0.39, 0.29) is 16.3 Å². The maximum absolute atomic E-state index is 11.3. The largest absolute Gasteiger partial charge is 0.480 e. The fraction of sp³-hybridized carbons (Fsp3) is 0.111. The fourth-order valence-electron chi connectivity index (χ4n) is 1.16. The van der Waals surface area contributed by atoms with Gasteiger partial charge in [0, 0.05) is 5.69 Å².